The second-order valence-corrected chi connectivity index (χ2v) is 8.76. The number of rotatable bonds is 4. The Bertz CT molecular complexity index is 1540. The predicted molar refractivity (Wildman–Crippen MR) is 137 cm³/mol. The number of likely N-dealkylation sites (N-methyl/N-ethyl adjacent to an activating group) is 1. The number of carbonyl (C=O) groups excluding carboxylic acids is 1. The second-order valence-electron chi connectivity index (χ2n) is 8.76. The van der Waals surface area contributed by atoms with Gasteiger partial charge >= 0.3 is 0 Å². The van der Waals surface area contributed by atoms with Crippen molar-refractivity contribution in [1.82, 2.24) is 29.8 Å². The Balaban J connectivity index is 1.26. The first-order valence-corrected chi connectivity index (χ1v) is 11.5. The van der Waals surface area contributed by atoms with Crippen LogP contribution in [0.15, 0.2) is 67.5 Å². The minimum absolute atomic E-state index is 0.222. The fourth-order valence-electron chi connectivity index (χ4n) is 4.41. The van der Waals surface area contributed by atoms with Gasteiger partial charge in [0.2, 0.25) is 0 Å². The van der Waals surface area contributed by atoms with E-state index in [0.29, 0.717) is 11.4 Å². The van der Waals surface area contributed by atoms with Gasteiger partial charge in [-0.1, -0.05) is 0 Å². The van der Waals surface area contributed by atoms with Crippen molar-refractivity contribution in [3.63, 3.8) is 0 Å². The van der Waals surface area contributed by atoms with Gasteiger partial charge in [0.15, 0.2) is 0 Å². The monoisotopic (exact) mass is 464 g/mol. The summed E-state index contributed by atoms with van der Waals surface area (Å²) in [5.41, 5.74) is 4.21. The molecule has 1 saturated heterocycles. The first-order chi connectivity index (χ1) is 17.1. The van der Waals surface area contributed by atoms with Crippen molar-refractivity contribution in [3.05, 3.63) is 73.1 Å². The topological polar surface area (TPSA) is 103 Å². The SMILES string of the molecule is CN1CCN(c2cc(C(=O)Nc3cc4cc(-c5cncc6[nH]ccc56)cnc4cn3)ccn2)CC1. The fraction of sp³-hybridized carbons (Fsp3) is 0.192. The Labute approximate surface area is 201 Å². The molecule has 6 rings (SSSR count). The molecule has 1 aliphatic heterocycles. The largest absolute Gasteiger partial charge is 0.360 e. The molecular weight excluding hydrogens is 440 g/mol. The molecule has 0 spiro atoms. The molecule has 0 atom stereocenters. The number of hydrogen-bond acceptors (Lipinski definition) is 7. The van der Waals surface area contributed by atoms with Gasteiger partial charge in [0, 0.05) is 78.4 Å². The van der Waals surface area contributed by atoms with Crippen LogP contribution >= 0.6 is 0 Å². The summed E-state index contributed by atoms with van der Waals surface area (Å²) in [6.07, 6.45) is 10.7. The summed E-state index contributed by atoms with van der Waals surface area (Å²) in [6, 6.07) is 9.48. The number of aromatic amines is 1. The van der Waals surface area contributed by atoms with E-state index in [9.17, 15) is 4.79 Å². The predicted octanol–water partition coefficient (Wildman–Crippen LogP) is 3.57. The van der Waals surface area contributed by atoms with Crippen LogP contribution in [0.5, 0.6) is 0 Å². The maximum atomic E-state index is 13.0. The zero-order chi connectivity index (χ0) is 23.8. The van der Waals surface area contributed by atoms with Gasteiger partial charge in [-0.2, -0.15) is 0 Å². The Kier molecular flexibility index (Phi) is 5.31. The summed E-state index contributed by atoms with van der Waals surface area (Å²) < 4.78 is 0. The van der Waals surface area contributed by atoms with Gasteiger partial charge in [0.1, 0.15) is 11.6 Å². The lowest BCUT2D eigenvalue weighted by atomic mass is 10.0. The molecule has 35 heavy (non-hydrogen) atoms. The molecule has 0 radical (unpaired) electrons. The number of nitrogens with one attached hydrogen (secondary N) is 2. The average Bonchev–Trinajstić information content (AvgIpc) is 3.38. The standard InChI is InChI=1S/C26H24N8O/c1-33-6-8-34(9-7-33)25-12-17(2-4-29-25)26(35)32-24-11-18-10-19(13-30-22(18)16-31-24)21-14-27-15-23-20(21)3-5-28-23/h2-5,10-16,28H,6-9H2,1H3,(H,31,32,35). The van der Waals surface area contributed by atoms with Gasteiger partial charge in [-0.25, -0.2) is 9.97 Å². The lowest BCUT2D eigenvalue weighted by Crippen LogP contribution is -2.44. The zero-order valence-electron chi connectivity index (χ0n) is 19.3. The first-order valence-electron chi connectivity index (χ1n) is 11.5. The lowest BCUT2D eigenvalue weighted by Gasteiger charge is -2.33. The molecule has 0 aromatic carbocycles. The third kappa shape index (κ3) is 4.17. The van der Waals surface area contributed by atoms with Gasteiger partial charge in [-0.15, -0.1) is 0 Å². The van der Waals surface area contributed by atoms with E-state index in [-0.39, 0.29) is 5.91 Å². The number of hydrogen-bond donors (Lipinski definition) is 2. The summed E-state index contributed by atoms with van der Waals surface area (Å²) in [5, 5.41) is 4.89. The number of pyridine rings is 4. The molecule has 5 aromatic heterocycles. The van der Waals surface area contributed by atoms with Crippen LogP contribution < -0.4 is 10.2 Å². The molecule has 0 unspecified atom stereocenters. The first kappa shape index (κ1) is 21.2. The number of piperazine rings is 1. The second kappa shape index (κ2) is 8.77. The van der Waals surface area contributed by atoms with Gasteiger partial charge in [-0.3, -0.25) is 14.8 Å². The summed E-state index contributed by atoms with van der Waals surface area (Å²) in [4.78, 5) is 38.5. The Morgan fingerprint density at radius 3 is 2.74 bits per heavy atom. The molecule has 2 N–H and O–H groups in total. The third-order valence-electron chi connectivity index (χ3n) is 6.43. The van der Waals surface area contributed by atoms with Crippen molar-refractivity contribution in [1.29, 1.82) is 0 Å². The summed E-state index contributed by atoms with van der Waals surface area (Å²) in [5.74, 6) is 1.07. The van der Waals surface area contributed by atoms with E-state index in [4.69, 9.17) is 0 Å². The normalized spacial score (nSPS) is 14.5. The number of nitrogens with zero attached hydrogens (tertiary/aromatic N) is 6. The van der Waals surface area contributed by atoms with E-state index < -0.39 is 0 Å². The van der Waals surface area contributed by atoms with E-state index in [1.54, 1.807) is 24.7 Å². The van der Waals surface area contributed by atoms with E-state index in [2.05, 4.69) is 47.1 Å². The number of anilines is 2. The maximum absolute atomic E-state index is 13.0. The number of aromatic nitrogens is 5. The van der Waals surface area contributed by atoms with Crippen molar-refractivity contribution < 1.29 is 4.79 Å². The van der Waals surface area contributed by atoms with Crippen LogP contribution in [-0.2, 0) is 0 Å². The lowest BCUT2D eigenvalue weighted by molar-refractivity contribution is 0.102. The highest BCUT2D eigenvalue weighted by Gasteiger charge is 2.17. The Morgan fingerprint density at radius 2 is 1.86 bits per heavy atom. The molecule has 9 nitrogen and oxygen atoms in total. The minimum atomic E-state index is -0.222. The third-order valence-corrected chi connectivity index (χ3v) is 6.43. The molecule has 0 aliphatic carbocycles. The highest BCUT2D eigenvalue weighted by Crippen LogP contribution is 2.29. The van der Waals surface area contributed by atoms with Gasteiger partial charge in [-0.05, 0) is 37.4 Å². The Hall–Kier alpha value is -4.37. The summed E-state index contributed by atoms with van der Waals surface area (Å²) in [6.45, 7) is 3.73. The molecule has 1 amide bonds. The summed E-state index contributed by atoms with van der Waals surface area (Å²) in [7, 11) is 2.11. The van der Waals surface area contributed by atoms with Crippen LogP contribution in [0.25, 0.3) is 32.9 Å². The molecule has 1 fully saturated rings. The average molecular weight is 465 g/mol. The van der Waals surface area contributed by atoms with Gasteiger partial charge in [0.25, 0.3) is 5.91 Å². The van der Waals surface area contributed by atoms with Crippen molar-refractivity contribution in [2.24, 2.45) is 0 Å². The fourth-order valence-corrected chi connectivity index (χ4v) is 4.41. The van der Waals surface area contributed by atoms with E-state index >= 15 is 0 Å². The molecule has 0 saturated carbocycles. The minimum Gasteiger partial charge on any atom is -0.360 e. The highest BCUT2D eigenvalue weighted by atomic mass is 16.1. The van der Waals surface area contributed by atoms with Gasteiger partial charge < -0.3 is 20.1 Å². The van der Waals surface area contributed by atoms with Crippen molar-refractivity contribution in [2.75, 3.05) is 43.4 Å². The molecule has 6 heterocycles. The molecule has 1 aliphatic rings. The van der Waals surface area contributed by atoms with Crippen LogP contribution in [0.1, 0.15) is 10.4 Å². The summed E-state index contributed by atoms with van der Waals surface area (Å²) >= 11 is 0. The maximum Gasteiger partial charge on any atom is 0.257 e. The smallest absolute Gasteiger partial charge is 0.257 e. The van der Waals surface area contributed by atoms with Crippen LogP contribution in [0, 0.1) is 0 Å². The molecular formula is C26H24N8O. The van der Waals surface area contributed by atoms with Crippen LogP contribution in [0.2, 0.25) is 0 Å². The van der Waals surface area contributed by atoms with Crippen molar-refractivity contribution in [3.8, 4) is 11.1 Å². The number of amides is 1. The van der Waals surface area contributed by atoms with Gasteiger partial charge in [0.05, 0.1) is 23.4 Å². The van der Waals surface area contributed by atoms with E-state index in [1.165, 1.54) is 0 Å². The molecule has 5 aromatic rings. The quantitative estimate of drug-likeness (QED) is 0.419. The van der Waals surface area contributed by atoms with E-state index in [0.717, 1.165) is 64.9 Å². The van der Waals surface area contributed by atoms with E-state index in [1.807, 2.05) is 42.9 Å². The van der Waals surface area contributed by atoms with Crippen LogP contribution in [0.4, 0.5) is 11.6 Å². The van der Waals surface area contributed by atoms with Crippen molar-refractivity contribution >= 4 is 39.3 Å². The highest BCUT2D eigenvalue weighted by molar-refractivity contribution is 6.05. The molecule has 174 valence electrons. The van der Waals surface area contributed by atoms with Crippen LogP contribution in [-0.4, -0.2) is 69.0 Å². The Morgan fingerprint density at radius 1 is 0.971 bits per heavy atom. The van der Waals surface area contributed by atoms with Crippen LogP contribution in [0.3, 0.4) is 0 Å². The number of fused-ring (bicyclic) bond motifs is 2. The zero-order valence-corrected chi connectivity index (χ0v) is 19.3. The van der Waals surface area contributed by atoms with Crippen molar-refractivity contribution in [2.45, 2.75) is 0 Å². The molecule has 9 heteroatoms. The number of carbonyl (C=O) groups is 1. The number of H-pyrrole nitrogens is 1. The molecule has 0 bridgehead atoms.